The van der Waals surface area contributed by atoms with Crippen LogP contribution in [-0.4, -0.2) is 9.78 Å². The number of nitrogens with one attached hydrogen (secondary N) is 1. The molecule has 0 radical (unpaired) electrons. The molecule has 3 aromatic rings. The molecule has 5 heteroatoms. The van der Waals surface area contributed by atoms with Gasteiger partial charge in [0.15, 0.2) is 0 Å². The molecule has 1 N–H and O–H groups in total. The first-order chi connectivity index (χ1) is 10.2. The van der Waals surface area contributed by atoms with Gasteiger partial charge >= 0.3 is 0 Å². The number of nitrogens with zero attached hydrogens (tertiary/aromatic N) is 2. The zero-order valence-electron chi connectivity index (χ0n) is 11.1. The maximum Gasteiger partial charge on any atom is 0.0877 e. The van der Waals surface area contributed by atoms with Gasteiger partial charge in [0.1, 0.15) is 0 Å². The van der Waals surface area contributed by atoms with Gasteiger partial charge in [-0.15, -0.1) is 0 Å². The fourth-order valence-electron chi connectivity index (χ4n) is 2.11. The zero-order chi connectivity index (χ0) is 14.7. The van der Waals surface area contributed by atoms with Crippen molar-refractivity contribution >= 4 is 33.2 Å². The molecular formula is C16H13BrClN3. The lowest BCUT2D eigenvalue weighted by Crippen LogP contribution is -2.05. The number of rotatable bonds is 4. The highest BCUT2D eigenvalue weighted by atomic mass is 79.9. The van der Waals surface area contributed by atoms with Crippen molar-refractivity contribution in [1.82, 2.24) is 9.78 Å². The molecule has 106 valence electrons. The highest BCUT2D eigenvalue weighted by molar-refractivity contribution is 9.10. The Kier molecular flexibility index (Phi) is 4.27. The first-order valence-electron chi connectivity index (χ1n) is 6.50. The fourth-order valence-corrected chi connectivity index (χ4v) is 2.72. The van der Waals surface area contributed by atoms with Crippen molar-refractivity contribution in [2.24, 2.45) is 0 Å². The Morgan fingerprint density at radius 2 is 2.05 bits per heavy atom. The Bertz CT molecular complexity index is 741. The number of anilines is 1. The topological polar surface area (TPSA) is 29.9 Å². The first kappa shape index (κ1) is 14.2. The maximum atomic E-state index is 6.11. The smallest absolute Gasteiger partial charge is 0.0877 e. The van der Waals surface area contributed by atoms with Crippen LogP contribution in [0.25, 0.3) is 5.69 Å². The Morgan fingerprint density at radius 3 is 2.81 bits per heavy atom. The lowest BCUT2D eigenvalue weighted by atomic mass is 10.2. The molecule has 0 saturated carbocycles. The molecule has 0 saturated heterocycles. The van der Waals surface area contributed by atoms with Gasteiger partial charge in [0.05, 0.1) is 11.4 Å². The van der Waals surface area contributed by atoms with Crippen LogP contribution >= 0.6 is 27.5 Å². The minimum Gasteiger partial charge on any atom is -0.379 e. The van der Waals surface area contributed by atoms with Gasteiger partial charge in [-0.05, 0) is 42.0 Å². The average molecular weight is 363 g/mol. The third-order valence-electron chi connectivity index (χ3n) is 3.08. The highest BCUT2D eigenvalue weighted by Gasteiger charge is 2.06. The first-order valence-corrected chi connectivity index (χ1v) is 7.67. The summed E-state index contributed by atoms with van der Waals surface area (Å²) in [7, 11) is 0. The molecule has 1 aromatic heterocycles. The summed E-state index contributed by atoms with van der Waals surface area (Å²) in [6.07, 6.45) is 3.67. The fraction of sp³-hybridized carbons (Fsp3) is 0.0625. The zero-order valence-corrected chi connectivity index (χ0v) is 13.5. The van der Waals surface area contributed by atoms with E-state index in [2.05, 4.69) is 38.5 Å². The minimum absolute atomic E-state index is 0.697. The van der Waals surface area contributed by atoms with Crippen molar-refractivity contribution in [3.05, 3.63) is 76.0 Å². The molecule has 0 atom stereocenters. The van der Waals surface area contributed by atoms with Gasteiger partial charge in [-0.2, -0.15) is 5.10 Å². The van der Waals surface area contributed by atoms with E-state index in [4.69, 9.17) is 11.6 Å². The SMILES string of the molecule is Clc1ccc(-n2cccn2)c(NCc2cccc(Br)c2)c1. The van der Waals surface area contributed by atoms with E-state index in [0.717, 1.165) is 15.8 Å². The van der Waals surface area contributed by atoms with Crippen LogP contribution in [0.1, 0.15) is 5.56 Å². The van der Waals surface area contributed by atoms with Crippen molar-refractivity contribution in [3.8, 4) is 5.69 Å². The summed E-state index contributed by atoms with van der Waals surface area (Å²) in [5, 5.41) is 8.39. The van der Waals surface area contributed by atoms with Crippen LogP contribution in [0.2, 0.25) is 5.02 Å². The van der Waals surface area contributed by atoms with Crippen LogP contribution in [0.3, 0.4) is 0 Å². The summed E-state index contributed by atoms with van der Waals surface area (Å²) >= 11 is 9.59. The van der Waals surface area contributed by atoms with Gasteiger partial charge in [0.2, 0.25) is 0 Å². The van der Waals surface area contributed by atoms with E-state index in [1.807, 2.05) is 47.3 Å². The Balaban J connectivity index is 1.86. The molecule has 21 heavy (non-hydrogen) atoms. The standard InChI is InChI=1S/C16H13BrClN3/c17-13-4-1-3-12(9-13)11-19-15-10-14(18)5-6-16(15)21-8-2-7-20-21/h1-10,19H,11H2. The normalized spacial score (nSPS) is 10.6. The number of halogens is 2. The molecule has 3 nitrogen and oxygen atoms in total. The van der Waals surface area contributed by atoms with Crippen molar-refractivity contribution in [3.63, 3.8) is 0 Å². The van der Waals surface area contributed by atoms with Gasteiger partial charge < -0.3 is 5.32 Å². The van der Waals surface area contributed by atoms with E-state index in [-0.39, 0.29) is 0 Å². The van der Waals surface area contributed by atoms with Gasteiger partial charge in [-0.25, -0.2) is 4.68 Å². The summed E-state index contributed by atoms with van der Waals surface area (Å²) in [6, 6.07) is 15.8. The van der Waals surface area contributed by atoms with E-state index in [0.29, 0.717) is 11.6 Å². The molecule has 0 spiro atoms. The van der Waals surface area contributed by atoms with Gasteiger partial charge in [-0.1, -0.05) is 39.7 Å². The Morgan fingerprint density at radius 1 is 1.14 bits per heavy atom. The van der Waals surface area contributed by atoms with Crippen molar-refractivity contribution in [2.45, 2.75) is 6.54 Å². The average Bonchev–Trinajstić information content (AvgIpc) is 2.99. The van der Waals surface area contributed by atoms with Crippen molar-refractivity contribution in [1.29, 1.82) is 0 Å². The largest absolute Gasteiger partial charge is 0.379 e. The second-order valence-corrected chi connectivity index (χ2v) is 5.95. The summed E-state index contributed by atoms with van der Waals surface area (Å²) in [5.74, 6) is 0. The number of benzene rings is 2. The van der Waals surface area contributed by atoms with Gasteiger partial charge in [0, 0.05) is 28.4 Å². The molecule has 0 bridgehead atoms. The summed E-state index contributed by atoms with van der Waals surface area (Å²) in [4.78, 5) is 0. The van der Waals surface area contributed by atoms with Crippen molar-refractivity contribution < 1.29 is 0 Å². The molecule has 0 aliphatic rings. The number of aromatic nitrogens is 2. The van der Waals surface area contributed by atoms with E-state index < -0.39 is 0 Å². The minimum atomic E-state index is 0.697. The van der Waals surface area contributed by atoms with Crippen LogP contribution < -0.4 is 5.32 Å². The third kappa shape index (κ3) is 3.46. The molecular weight excluding hydrogens is 350 g/mol. The Hall–Kier alpha value is -1.78. The quantitative estimate of drug-likeness (QED) is 0.715. The second-order valence-electron chi connectivity index (χ2n) is 4.60. The molecule has 0 unspecified atom stereocenters. The molecule has 0 fully saturated rings. The van der Waals surface area contributed by atoms with Crippen LogP contribution in [0, 0.1) is 0 Å². The van der Waals surface area contributed by atoms with E-state index >= 15 is 0 Å². The van der Waals surface area contributed by atoms with Crippen LogP contribution in [0.15, 0.2) is 65.4 Å². The molecule has 0 aliphatic carbocycles. The number of hydrogen-bond acceptors (Lipinski definition) is 2. The third-order valence-corrected chi connectivity index (χ3v) is 3.81. The summed E-state index contributed by atoms with van der Waals surface area (Å²) in [5.41, 5.74) is 3.11. The monoisotopic (exact) mass is 361 g/mol. The second kappa shape index (κ2) is 6.33. The maximum absolute atomic E-state index is 6.11. The molecule has 2 aromatic carbocycles. The predicted molar refractivity (Wildman–Crippen MR) is 90.0 cm³/mol. The van der Waals surface area contributed by atoms with Crippen LogP contribution in [0.4, 0.5) is 5.69 Å². The molecule has 0 aliphatic heterocycles. The summed E-state index contributed by atoms with van der Waals surface area (Å²) < 4.78 is 2.89. The number of hydrogen-bond donors (Lipinski definition) is 1. The van der Waals surface area contributed by atoms with E-state index in [1.54, 1.807) is 6.20 Å². The van der Waals surface area contributed by atoms with Crippen molar-refractivity contribution in [2.75, 3.05) is 5.32 Å². The van der Waals surface area contributed by atoms with E-state index in [9.17, 15) is 0 Å². The van der Waals surface area contributed by atoms with Crippen LogP contribution in [0.5, 0.6) is 0 Å². The summed E-state index contributed by atoms with van der Waals surface area (Å²) in [6.45, 7) is 0.716. The predicted octanol–water partition coefficient (Wildman–Crippen LogP) is 4.90. The molecule has 1 heterocycles. The molecule has 3 rings (SSSR count). The van der Waals surface area contributed by atoms with Crippen LogP contribution in [-0.2, 0) is 6.54 Å². The van der Waals surface area contributed by atoms with Gasteiger partial charge in [0.25, 0.3) is 0 Å². The van der Waals surface area contributed by atoms with Gasteiger partial charge in [-0.3, -0.25) is 0 Å². The Labute approximate surface area is 136 Å². The highest BCUT2D eigenvalue weighted by Crippen LogP contribution is 2.25. The lowest BCUT2D eigenvalue weighted by molar-refractivity contribution is 0.879. The lowest BCUT2D eigenvalue weighted by Gasteiger charge is -2.13. The van der Waals surface area contributed by atoms with E-state index in [1.165, 1.54) is 5.56 Å². The molecule has 0 amide bonds.